The Hall–Kier alpha value is -1.02. The highest BCUT2D eigenvalue weighted by molar-refractivity contribution is 5.42. The minimum Gasteiger partial charge on any atom is -0.507 e. The van der Waals surface area contributed by atoms with Crippen LogP contribution in [0.4, 0.5) is 0 Å². The highest BCUT2D eigenvalue weighted by atomic mass is 16.3. The van der Waals surface area contributed by atoms with Crippen molar-refractivity contribution >= 4 is 0 Å². The largest absolute Gasteiger partial charge is 0.507 e. The van der Waals surface area contributed by atoms with E-state index in [1.807, 2.05) is 25.1 Å². The van der Waals surface area contributed by atoms with Gasteiger partial charge in [0.15, 0.2) is 0 Å². The first-order chi connectivity index (χ1) is 7.11. The molecule has 0 saturated heterocycles. The van der Waals surface area contributed by atoms with E-state index >= 15 is 0 Å². The van der Waals surface area contributed by atoms with Crippen LogP contribution >= 0.6 is 0 Å². The Balaban J connectivity index is 3.12. The lowest BCUT2D eigenvalue weighted by Crippen LogP contribution is -2.18. The van der Waals surface area contributed by atoms with Gasteiger partial charge in [-0.3, -0.25) is 0 Å². The van der Waals surface area contributed by atoms with Gasteiger partial charge in [-0.05, 0) is 30.0 Å². The summed E-state index contributed by atoms with van der Waals surface area (Å²) >= 11 is 0. The molecule has 1 rings (SSSR count). The van der Waals surface area contributed by atoms with E-state index < -0.39 is 0 Å². The molecule has 0 spiro atoms. The van der Waals surface area contributed by atoms with Crippen molar-refractivity contribution in [2.75, 3.05) is 6.54 Å². The predicted molar refractivity (Wildman–Crippen MR) is 64.1 cm³/mol. The summed E-state index contributed by atoms with van der Waals surface area (Å²) in [6.07, 6.45) is 0.856. The second kappa shape index (κ2) is 5.17. The summed E-state index contributed by atoms with van der Waals surface area (Å²) in [5, 5.41) is 10.1. The van der Waals surface area contributed by atoms with Crippen LogP contribution < -0.4 is 5.73 Å². The maximum atomic E-state index is 10.1. The van der Waals surface area contributed by atoms with Gasteiger partial charge >= 0.3 is 0 Å². The summed E-state index contributed by atoms with van der Waals surface area (Å²) in [7, 11) is 0. The Morgan fingerprint density at radius 3 is 2.47 bits per heavy atom. The fraction of sp³-hybridized carbons (Fsp3) is 0.538. The van der Waals surface area contributed by atoms with E-state index in [1.54, 1.807) is 0 Å². The van der Waals surface area contributed by atoms with Crippen molar-refractivity contribution in [2.45, 2.75) is 33.1 Å². The number of nitrogens with two attached hydrogens (primary N) is 1. The third-order valence-electron chi connectivity index (χ3n) is 2.99. The molecule has 0 aliphatic carbocycles. The van der Waals surface area contributed by atoms with Crippen molar-refractivity contribution in [1.82, 2.24) is 0 Å². The van der Waals surface area contributed by atoms with Crippen molar-refractivity contribution < 1.29 is 5.11 Å². The zero-order valence-corrected chi connectivity index (χ0v) is 9.83. The van der Waals surface area contributed by atoms with Crippen LogP contribution in [0.1, 0.15) is 37.8 Å². The van der Waals surface area contributed by atoms with Crippen molar-refractivity contribution in [2.24, 2.45) is 11.7 Å². The summed E-state index contributed by atoms with van der Waals surface area (Å²) in [6.45, 7) is 6.90. The number of phenols is 1. The van der Waals surface area contributed by atoms with Crippen molar-refractivity contribution in [1.29, 1.82) is 0 Å². The minimum absolute atomic E-state index is 0.247. The Kier molecular flexibility index (Phi) is 4.15. The lowest BCUT2D eigenvalue weighted by atomic mass is 9.86. The SMILES string of the molecule is CCc1cccc(C(CN)C(C)C)c1O. The lowest BCUT2D eigenvalue weighted by Gasteiger charge is -2.21. The van der Waals surface area contributed by atoms with Gasteiger partial charge in [0.25, 0.3) is 0 Å². The summed E-state index contributed by atoms with van der Waals surface area (Å²) in [6, 6.07) is 5.94. The Morgan fingerprint density at radius 2 is 2.00 bits per heavy atom. The molecule has 0 heterocycles. The molecule has 84 valence electrons. The third-order valence-corrected chi connectivity index (χ3v) is 2.99. The van der Waals surface area contributed by atoms with Gasteiger partial charge < -0.3 is 10.8 Å². The van der Waals surface area contributed by atoms with Crippen LogP contribution in [0.5, 0.6) is 5.75 Å². The molecule has 0 amide bonds. The molecule has 3 N–H and O–H groups in total. The van der Waals surface area contributed by atoms with Crippen molar-refractivity contribution in [3.05, 3.63) is 29.3 Å². The van der Waals surface area contributed by atoms with E-state index in [4.69, 9.17) is 5.73 Å². The molecule has 15 heavy (non-hydrogen) atoms. The van der Waals surface area contributed by atoms with Crippen LogP contribution in [0.3, 0.4) is 0 Å². The monoisotopic (exact) mass is 207 g/mol. The van der Waals surface area contributed by atoms with Gasteiger partial charge in [-0.15, -0.1) is 0 Å². The first-order valence-corrected chi connectivity index (χ1v) is 5.62. The highest BCUT2D eigenvalue weighted by Gasteiger charge is 2.18. The van der Waals surface area contributed by atoms with Gasteiger partial charge in [0.2, 0.25) is 0 Å². The Labute approximate surface area is 92.1 Å². The van der Waals surface area contributed by atoms with Gasteiger partial charge in [0.05, 0.1) is 0 Å². The van der Waals surface area contributed by atoms with Crippen LogP contribution in [-0.2, 0) is 6.42 Å². The molecular formula is C13H21NO. The van der Waals surface area contributed by atoms with E-state index in [-0.39, 0.29) is 5.92 Å². The maximum Gasteiger partial charge on any atom is 0.122 e. The molecule has 0 aliphatic rings. The van der Waals surface area contributed by atoms with Gasteiger partial charge in [0, 0.05) is 5.92 Å². The second-order valence-corrected chi connectivity index (χ2v) is 4.29. The zero-order chi connectivity index (χ0) is 11.4. The van der Waals surface area contributed by atoms with E-state index in [0.29, 0.717) is 18.2 Å². The predicted octanol–water partition coefficient (Wildman–Crippen LogP) is 2.65. The van der Waals surface area contributed by atoms with E-state index in [1.165, 1.54) is 0 Å². The summed E-state index contributed by atoms with van der Waals surface area (Å²) in [5.41, 5.74) is 7.75. The first kappa shape index (κ1) is 12.1. The van der Waals surface area contributed by atoms with Crippen LogP contribution in [0.25, 0.3) is 0 Å². The number of phenolic OH excluding ortho intramolecular Hbond substituents is 1. The van der Waals surface area contributed by atoms with Gasteiger partial charge in [-0.25, -0.2) is 0 Å². The van der Waals surface area contributed by atoms with Gasteiger partial charge in [-0.1, -0.05) is 39.0 Å². The third kappa shape index (κ3) is 2.51. The van der Waals surface area contributed by atoms with Gasteiger partial charge in [0.1, 0.15) is 5.75 Å². The molecule has 1 unspecified atom stereocenters. The lowest BCUT2D eigenvalue weighted by molar-refractivity contribution is 0.433. The van der Waals surface area contributed by atoms with Gasteiger partial charge in [-0.2, -0.15) is 0 Å². The fourth-order valence-corrected chi connectivity index (χ4v) is 1.95. The van der Waals surface area contributed by atoms with Crippen LogP contribution in [0.2, 0.25) is 0 Å². The average Bonchev–Trinajstić information content (AvgIpc) is 2.21. The molecule has 1 aromatic rings. The molecule has 0 fully saturated rings. The number of benzene rings is 1. The minimum atomic E-state index is 0.247. The number of aryl methyl sites for hydroxylation is 1. The number of aromatic hydroxyl groups is 1. The normalized spacial score (nSPS) is 13.1. The smallest absolute Gasteiger partial charge is 0.122 e. The summed E-state index contributed by atoms with van der Waals surface area (Å²) in [4.78, 5) is 0. The van der Waals surface area contributed by atoms with Crippen LogP contribution in [-0.4, -0.2) is 11.7 Å². The summed E-state index contributed by atoms with van der Waals surface area (Å²) < 4.78 is 0. The number of hydrogen-bond acceptors (Lipinski definition) is 2. The number of rotatable bonds is 4. The molecule has 0 saturated carbocycles. The molecule has 0 radical (unpaired) electrons. The molecule has 1 atom stereocenters. The number of hydrogen-bond donors (Lipinski definition) is 2. The average molecular weight is 207 g/mol. The topological polar surface area (TPSA) is 46.2 Å². The molecule has 2 nitrogen and oxygen atoms in total. The first-order valence-electron chi connectivity index (χ1n) is 5.62. The standard InChI is InChI=1S/C13H21NO/c1-4-10-6-5-7-11(13(10)15)12(8-14)9(2)3/h5-7,9,12,15H,4,8,14H2,1-3H3. The zero-order valence-electron chi connectivity index (χ0n) is 9.83. The van der Waals surface area contributed by atoms with Crippen molar-refractivity contribution in [3.8, 4) is 5.75 Å². The molecule has 1 aromatic carbocycles. The highest BCUT2D eigenvalue weighted by Crippen LogP contribution is 2.33. The molecular weight excluding hydrogens is 186 g/mol. The van der Waals surface area contributed by atoms with E-state index in [9.17, 15) is 5.11 Å². The van der Waals surface area contributed by atoms with Crippen molar-refractivity contribution in [3.63, 3.8) is 0 Å². The van der Waals surface area contributed by atoms with E-state index in [2.05, 4.69) is 13.8 Å². The quantitative estimate of drug-likeness (QED) is 0.797. The molecule has 2 heteroatoms. The Morgan fingerprint density at radius 1 is 1.33 bits per heavy atom. The molecule has 0 aromatic heterocycles. The maximum absolute atomic E-state index is 10.1. The van der Waals surface area contributed by atoms with E-state index in [0.717, 1.165) is 17.5 Å². The van der Waals surface area contributed by atoms with Crippen LogP contribution in [0.15, 0.2) is 18.2 Å². The number of para-hydroxylation sites is 1. The second-order valence-electron chi connectivity index (χ2n) is 4.29. The Bertz CT molecular complexity index is 320. The summed E-state index contributed by atoms with van der Waals surface area (Å²) in [5.74, 6) is 1.13. The molecule has 0 bridgehead atoms. The molecule has 0 aliphatic heterocycles. The fourth-order valence-electron chi connectivity index (χ4n) is 1.95. The van der Waals surface area contributed by atoms with Crippen LogP contribution in [0, 0.1) is 5.92 Å².